The Hall–Kier alpha value is -0.465. The standard InChI is InChI=1S/C8H9BClN/c9-8-3-1-2-7(6-8)4-5-11-10/h1-3,6,11H,4-5H2. The Labute approximate surface area is 73.3 Å². The quantitative estimate of drug-likeness (QED) is 0.515. The second-order valence-corrected chi connectivity index (χ2v) is 2.65. The molecule has 56 valence electrons. The van der Waals surface area contributed by atoms with Gasteiger partial charge in [0, 0.05) is 6.54 Å². The zero-order chi connectivity index (χ0) is 8.10. The summed E-state index contributed by atoms with van der Waals surface area (Å²) in [7, 11) is 5.58. The molecule has 0 fully saturated rings. The van der Waals surface area contributed by atoms with Crippen LogP contribution in [-0.4, -0.2) is 14.4 Å². The first kappa shape index (κ1) is 8.63. The summed E-state index contributed by atoms with van der Waals surface area (Å²) in [5, 5.41) is 0. The van der Waals surface area contributed by atoms with Gasteiger partial charge in [0.2, 0.25) is 0 Å². The number of nitrogens with one attached hydrogen (secondary N) is 1. The molecule has 0 heterocycles. The fourth-order valence-corrected chi connectivity index (χ4v) is 1.03. The summed E-state index contributed by atoms with van der Waals surface area (Å²) in [6, 6.07) is 7.80. The fourth-order valence-electron chi connectivity index (χ4n) is 0.940. The molecule has 1 N–H and O–H groups in total. The van der Waals surface area contributed by atoms with Crippen LogP contribution in [0.4, 0.5) is 0 Å². The van der Waals surface area contributed by atoms with E-state index in [1.165, 1.54) is 5.56 Å². The van der Waals surface area contributed by atoms with Crippen LogP contribution in [0.3, 0.4) is 0 Å². The van der Waals surface area contributed by atoms with Crippen molar-refractivity contribution in [3.05, 3.63) is 29.8 Å². The molecule has 1 nitrogen and oxygen atoms in total. The topological polar surface area (TPSA) is 12.0 Å². The Morgan fingerprint density at radius 1 is 1.45 bits per heavy atom. The van der Waals surface area contributed by atoms with E-state index in [4.69, 9.17) is 19.6 Å². The molecule has 0 saturated carbocycles. The molecule has 0 atom stereocenters. The van der Waals surface area contributed by atoms with E-state index in [9.17, 15) is 0 Å². The molecule has 0 amide bonds. The van der Waals surface area contributed by atoms with Crippen molar-refractivity contribution in [3.8, 4) is 0 Å². The van der Waals surface area contributed by atoms with E-state index in [-0.39, 0.29) is 0 Å². The number of rotatable bonds is 3. The summed E-state index contributed by atoms with van der Waals surface area (Å²) in [6.45, 7) is 0.769. The molecule has 1 aromatic carbocycles. The van der Waals surface area contributed by atoms with Gasteiger partial charge in [-0.15, -0.1) is 0 Å². The van der Waals surface area contributed by atoms with Crippen molar-refractivity contribution in [1.29, 1.82) is 0 Å². The normalized spacial score (nSPS) is 9.91. The third kappa shape index (κ3) is 2.96. The Morgan fingerprint density at radius 3 is 2.91 bits per heavy atom. The van der Waals surface area contributed by atoms with Crippen molar-refractivity contribution in [2.45, 2.75) is 6.42 Å². The van der Waals surface area contributed by atoms with Gasteiger partial charge in [0.05, 0.1) is 0 Å². The van der Waals surface area contributed by atoms with Crippen molar-refractivity contribution >= 4 is 25.1 Å². The molecule has 0 aliphatic rings. The van der Waals surface area contributed by atoms with Crippen LogP contribution in [0, 0.1) is 0 Å². The summed E-state index contributed by atoms with van der Waals surface area (Å²) >= 11 is 5.31. The Kier molecular flexibility index (Phi) is 3.47. The summed E-state index contributed by atoms with van der Waals surface area (Å²) in [5.74, 6) is 0. The van der Waals surface area contributed by atoms with Gasteiger partial charge in [-0.1, -0.05) is 29.7 Å². The molecule has 0 unspecified atom stereocenters. The van der Waals surface area contributed by atoms with E-state index < -0.39 is 0 Å². The number of hydrogen-bond donors (Lipinski definition) is 1. The predicted octanol–water partition coefficient (Wildman–Crippen LogP) is 0.766. The Bertz CT molecular complexity index is 227. The third-order valence-electron chi connectivity index (χ3n) is 1.46. The highest BCUT2D eigenvalue weighted by atomic mass is 35.5. The molecule has 0 aromatic heterocycles. The highest BCUT2D eigenvalue weighted by Crippen LogP contribution is 1.96. The molecular weight excluding hydrogens is 156 g/mol. The largest absolute Gasteiger partial charge is 0.233 e. The van der Waals surface area contributed by atoms with Crippen LogP contribution in [0.25, 0.3) is 0 Å². The van der Waals surface area contributed by atoms with E-state index in [2.05, 4.69) is 4.84 Å². The lowest BCUT2D eigenvalue weighted by molar-refractivity contribution is 0.900. The number of halogens is 1. The van der Waals surface area contributed by atoms with E-state index in [0.717, 1.165) is 18.4 Å². The van der Waals surface area contributed by atoms with Gasteiger partial charge >= 0.3 is 0 Å². The first-order valence-corrected chi connectivity index (χ1v) is 3.88. The molecular formula is C8H9BClN. The number of hydrogen-bond acceptors (Lipinski definition) is 1. The minimum atomic E-state index is 0.769. The summed E-state index contributed by atoms with van der Waals surface area (Å²) < 4.78 is 0. The van der Waals surface area contributed by atoms with Crippen molar-refractivity contribution in [1.82, 2.24) is 4.84 Å². The average molecular weight is 165 g/mol. The molecule has 0 bridgehead atoms. The van der Waals surface area contributed by atoms with Gasteiger partial charge < -0.3 is 0 Å². The Morgan fingerprint density at radius 2 is 2.27 bits per heavy atom. The highest BCUT2D eigenvalue weighted by molar-refractivity contribution is 6.32. The minimum absolute atomic E-state index is 0.769. The molecule has 0 aliphatic heterocycles. The zero-order valence-corrected chi connectivity index (χ0v) is 6.93. The van der Waals surface area contributed by atoms with Crippen molar-refractivity contribution in [3.63, 3.8) is 0 Å². The summed E-state index contributed by atoms with van der Waals surface area (Å²) in [6.07, 6.45) is 0.911. The average Bonchev–Trinajstić information content (AvgIpc) is 2.01. The second-order valence-electron chi connectivity index (χ2n) is 2.38. The van der Waals surface area contributed by atoms with Crippen molar-refractivity contribution < 1.29 is 0 Å². The van der Waals surface area contributed by atoms with Crippen LogP contribution in [0.1, 0.15) is 5.56 Å². The smallest absolute Gasteiger partial charge is 0.113 e. The maximum absolute atomic E-state index is 5.58. The van der Waals surface area contributed by atoms with Gasteiger partial charge in [-0.05, 0) is 23.8 Å². The highest BCUT2D eigenvalue weighted by Gasteiger charge is 1.90. The van der Waals surface area contributed by atoms with E-state index in [1.54, 1.807) is 0 Å². The first-order valence-electron chi connectivity index (χ1n) is 3.51. The van der Waals surface area contributed by atoms with Gasteiger partial charge in [-0.3, -0.25) is 0 Å². The third-order valence-corrected chi connectivity index (χ3v) is 1.65. The summed E-state index contributed by atoms with van der Waals surface area (Å²) in [4.78, 5) is 2.57. The van der Waals surface area contributed by atoms with Crippen LogP contribution < -0.4 is 10.3 Å². The van der Waals surface area contributed by atoms with Crippen molar-refractivity contribution in [2.75, 3.05) is 6.54 Å². The first-order chi connectivity index (χ1) is 5.33. The molecule has 2 radical (unpaired) electrons. The molecule has 1 aromatic rings. The molecule has 0 aliphatic carbocycles. The van der Waals surface area contributed by atoms with Crippen LogP contribution >= 0.6 is 11.8 Å². The lowest BCUT2D eigenvalue weighted by atomic mass is 9.94. The van der Waals surface area contributed by atoms with E-state index in [1.807, 2.05) is 24.3 Å². The van der Waals surface area contributed by atoms with Gasteiger partial charge in [0.1, 0.15) is 7.85 Å². The lowest BCUT2D eigenvalue weighted by Gasteiger charge is -2.00. The predicted molar refractivity (Wildman–Crippen MR) is 49.4 cm³/mol. The Balaban J connectivity index is 2.56. The molecule has 1 rings (SSSR count). The van der Waals surface area contributed by atoms with Gasteiger partial charge in [-0.2, -0.15) is 0 Å². The SMILES string of the molecule is [B]c1cccc(CCNCl)c1. The van der Waals surface area contributed by atoms with Gasteiger partial charge in [-0.25, -0.2) is 4.84 Å². The lowest BCUT2D eigenvalue weighted by Crippen LogP contribution is -2.07. The maximum atomic E-state index is 5.58. The van der Waals surface area contributed by atoms with Crippen LogP contribution in [-0.2, 0) is 6.42 Å². The van der Waals surface area contributed by atoms with E-state index >= 15 is 0 Å². The molecule has 11 heavy (non-hydrogen) atoms. The maximum Gasteiger partial charge on any atom is 0.113 e. The number of benzene rings is 1. The van der Waals surface area contributed by atoms with E-state index in [0.29, 0.717) is 0 Å². The van der Waals surface area contributed by atoms with Crippen LogP contribution in [0.15, 0.2) is 24.3 Å². The van der Waals surface area contributed by atoms with Crippen LogP contribution in [0.2, 0.25) is 0 Å². The van der Waals surface area contributed by atoms with Crippen molar-refractivity contribution in [2.24, 2.45) is 0 Å². The molecule has 3 heteroatoms. The summed E-state index contributed by atoms with van der Waals surface area (Å²) in [5.41, 5.74) is 2.01. The molecule has 0 saturated heterocycles. The zero-order valence-electron chi connectivity index (χ0n) is 6.18. The minimum Gasteiger partial charge on any atom is -0.233 e. The molecule has 0 spiro atoms. The van der Waals surface area contributed by atoms with Gasteiger partial charge in [0.25, 0.3) is 0 Å². The van der Waals surface area contributed by atoms with Crippen LogP contribution in [0.5, 0.6) is 0 Å². The monoisotopic (exact) mass is 165 g/mol. The fraction of sp³-hybridized carbons (Fsp3) is 0.250. The second kappa shape index (κ2) is 4.42. The van der Waals surface area contributed by atoms with Gasteiger partial charge in [0.15, 0.2) is 0 Å².